The van der Waals surface area contributed by atoms with E-state index in [4.69, 9.17) is 5.11 Å². The molecule has 2 rings (SSSR count). The van der Waals surface area contributed by atoms with E-state index >= 15 is 0 Å². The molecule has 0 aliphatic carbocycles. The molecular weight excluding hydrogens is 164 g/mol. The smallest absolute Gasteiger partial charge is 0.0959 e. The fourth-order valence-electron chi connectivity index (χ4n) is 1.46. The molecule has 0 radical (unpaired) electrons. The van der Waals surface area contributed by atoms with Crippen LogP contribution in [0.3, 0.4) is 0 Å². The van der Waals surface area contributed by atoms with E-state index in [9.17, 15) is 0 Å². The predicted molar refractivity (Wildman–Crippen MR) is 51.6 cm³/mol. The summed E-state index contributed by atoms with van der Waals surface area (Å²) in [5, 5.41) is 8.80. The zero-order valence-corrected chi connectivity index (χ0v) is 7.57. The van der Waals surface area contributed by atoms with Crippen molar-refractivity contribution < 1.29 is 5.11 Å². The third-order valence-corrected chi connectivity index (χ3v) is 2.12. The first kappa shape index (κ1) is 8.26. The van der Waals surface area contributed by atoms with Gasteiger partial charge in [0.25, 0.3) is 0 Å². The van der Waals surface area contributed by atoms with Crippen molar-refractivity contribution in [2.45, 2.75) is 13.5 Å². The number of hydrogen-bond donors (Lipinski definition) is 1. The maximum atomic E-state index is 8.80. The zero-order chi connectivity index (χ0) is 9.26. The van der Waals surface area contributed by atoms with Gasteiger partial charge in [0.15, 0.2) is 0 Å². The normalized spacial score (nSPS) is 10.9. The Hall–Kier alpha value is -1.35. The first-order valence-corrected chi connectivity index (χ1v) is 4.33. The SMILES string of the molecule is Cc1ccc2c(c1)ncn2CCO. The van der Waals surface area contributed by atoms with E-state index in [1.165, 1.54) is 5.56 Å². The van der Waals surface area contributed by atoms with Gasteiger partial charge in [-0.05, 0) is 24.6 Å². The lowest BCUT2D eigenvalue weighted by atomic mass is 10.2. The van der Waals surface area contributed by atoms with Crippen LogP contribution in [0.2, 0.25) is 0 Å². The Bertz CT molecular complexity index is 420. The highest BCUT2D eigenvalue weighted by atomic mass is 16.3. The van der Waals surface area contributed by atoms with Gasteiger partial charge in [0.2, 0.25) is 0 Å². The summed E-state index contributed by atoms with van der Waals surface area (Å²) < 4.78 is 1.95. The van der Waals surface area contributed by atoms with E-state index in [-0.39, 0.29) is 6.61 Å². The van der Waals surface area contributed by atoms with Crippen molar-refractivity contribution in [2.24, 2.45) is 0 Å². The first-order chi connectivity index (χ1) is 6.31. The molecule has 0 aliphatic rings. The molecular formula is C10H12N2O. The lowest BCUT2D eigenvalue weighted by Crippen LogP contribution is -1.99. The molecule has 13 heavy (non-hydrogen) atoms. The Morgan fingerprint density at radius 1 is 1.46 bits per heavy atom. The second kappa shape index (κ2) is 3.18. The monoisotopic (exact) mass is 176 g/mol. The Morgan fingerprint density at radius 2 is 2.31 bits per heavy atom. The predicted octanol–water partition coefficient (Wildman–Crippen LogP) is 1.34. The van der Waals surface area contributed by atoms with Gasteiger partial charge in [0.1, 0.15) is 0 Å². The molecule has 0 unspecified atom stereocenters. The average Bonchev–Trinajstić information content (AvgIpc) is 2.49. The Morgan fingerprint density at radius 3 is 3.08 bits per heavy atom. The minimum absolute atomic E-state index is 0.152. The summed E-state index contributed by atoms with van der Waals surface area (Å²) in [6.45, 7) is 2.81. The molecule has 0 aliphatic heterocycles. The molecule has 1 aromatic carbocycles. The van der Waals surface area contributed by atoms with Crippen LogP contribution in [0.1, 0.15) is 5.56 Å². The van der Waals surface area contributed by atoms with E-state index in [0.29, 0.717) is 6.54 Å². The highest BCUT2D eigenvalue weighted by Gasteiger charge is 2.00. The largest absolute Gasteiger partial charge is 0.395 e. The fraction of sp³-hybridized carbons (Fsp3) is 0.300. The Kier molecular flexibility index (Phi) is 2.02. The third-order valence-electron chi connectivity index (χ3n) is 2.12. The third kappa shape index (κ3) is 1.42. The summed E-state index contributed by atoms with van der Waals surface area (Å²) in [6, 6.07) is 6.13. The van der Waals surface area contributed by atoms with Crippen LogP contribution >= 0.6 is 0 Å². The molecule has 68 valence electrons. The molecule has 0 spiro atoms. The zero-order valence-electron chi connectivity index (χ0n) is 7.57. The number of rotatable bonds is 2. The van der Waals surface area contributed by atoms with E-state index < -0.39 is 0 Å². The molecule has 0 amide bonds. The number of aliphatic hydroxyl groups excluding tert-OH is 1. The van der Waals surface area contributed by atoms with Gasteiger partial charge in [-0.1, -0.05) is 6.07 Å². The van der Waals surface area contributed by atoms with Crippen LogP contribution in [0.4, 0.5) is 0 Å². The summed E-state index contributed by atoms with van der Waals surface area (Å²) in [4.78, 5) is 4.25. The van der Waals surface area contributed by atoms with Gasteiger partial charge in [-0.3, -0.25) is 0 Å². The lowest BCUT2D eigenvalue weighted by Gasteiger charge is -2.00. The number of aryl methyl sites for hydroxylation is 1. The Labute approximate surface area is 76.6 Å². The number of hydrogen-bond acceptors (Lipinski definition) is 2. The van der Waals surface area contributed by atoms with Crippen LogP contribution in [0.5, 0.6) is 0 Å². The van der Waals surface area contributed by atoms with Crippen molar-refractivity contribution in [3.8, 4) is 0 Å². The molecule has 3 heteroatoms. The summed E-state index contributed by atoms with van der Waals surface area (Å²) in [5.74, 6) is 0. The minimum Gasteiger partial charge on any atom is -0.395 e. The van der Waals surface area contributed by atoms with Crippen molar-refractivity contribution in [2.75, 3.05) is 6.61 Å². The summed E-state index contributed by atoms with van der Waals surface area (Å²) >= 11 is 0. The van der Waals surface area contributed by atoms with Crippen LogP contribution in [-0.4, -0.2) is 21.3 Å². The molecule has 0 fully saturated rings. The van der Waals surface area contributed by atoms with Crippen LogP contribution in [0.15, 0.2) is 24.5 Å². The van der Waals surface area contributed by atoms with Crippen LogP contribution < -0.4 is 0 Å². The van der Waals surface area contributed by atoms with Gasteiger partial charge in [0, 0.05) is 6.54 Å². The summed E-state index contributed by atoms with van der Waals surface area (Å²) in [7, 11) is 0. The second-order valence-corrected chi connectivity index (χ2v) is 3.15. The first-order valence-electron chi connectivity index (χ1n) is 4.33. The molecule has 0 atom stereocenters. The van der Waals surface area contributed by atoms with Gasteiger partial charge in [-0.25, -0.2) is 4.98 Å². The average molecular weight is 176 g/mol. The lowest BCUT2D eigenvalue weighted by molar-refractivity contribution is 0.278. The molecule has 3 nitrogen and oxygen atoms in total. The molecule has 0 saturated heterocycles. The molecule has 0 saturated carbocycles. The maximum absolute atomic E-state index is 8.80. The number of benzene rings is 1. The van der Waals surface area contributed by atoms with E-state index in [2.05, 4.69) is 11.1 Å². The van der Waals surface area contributed by atoms with Crippen molar-refractivity contribution >= 4 is 11.0 Å². The van der Waals surface area contributed by atoms with Gasteiger partial charge in [-0.15, -0.1) is 0 Å². The quantitative estimate of drug-likeness (QED) is 0.749. The number of nitrogens with zero attached hydrogens (tertiary/aromatic N) is 2. The molecule has 2 aromatic rings. The Balaban J connectivity index is 2.55. The van der Waals surface area contributed by atoms with Crippen molar-refractivity contribution in [1.82, 2.24) is 9.55 Å². The van der Waals surface area contributed by atoms with Gasteiger partial charge >= 0.3 is 0 Å². The highest BCUT2D eigenvalue weighted by molar-refractivity contribution is 5.75. The summed E-state index contributed by atoms with van der Waals surface area (Å²) in [6.07, 6.45) is 1.76. The number of imidazole rings is 1. The maximum Gasteiger partial charge on any atom is 0.0959 e. The van der Waals surface area contributed by atoms with E-state index in [1.807, 2.05) is 23.6 Å². The number of fused-ring (bicyclic) bond motifs is 1. The van der Waals surface area contributed by atoms with Crippen LogP contribution in [-0.2, 0) is 6.54 Å². The number of aliphatic hydroxyl groups is 1. The second-order valence-electron chi connectivity index (χ2n) is 3.15. The minimum atomic E-state index is 0.152. The van der Waals surface area contributed by atoms with Crippen LogP contribution in [0.25, 0.3) is 11.0 Å². The van der Waals surface area contributed by atoms with Crippen molar-refractivity contribution in [3.05, 3.63) is 30.1 Å². The van der Waals surface area contributed by atoms with Crippen LogP contribution in [0, 0.1) is 6.92 Å². The van der Waals surface area contributed by atoms with Gasteiger partial charge in [-0.2, -0.15) is 0 Å². The van der Waals surface area contributed by atoms with Crippen molar-refractivity contribution in [1.29, 1.82) is 0 Å². The van der Waals surface area contributed by atoms with Gasteiger partial charge in [0.05, 0.1) is 24.0 Å². The van der Waals surface area contributed by atoms with Crippen molar-refractivity contribution in [3.63, 3.8) is 0 Å². The standard InChI is InChI=1S/C10H12N2O/c1-8-2-3-10-9(6-8)11-7-12(10)4-5-13/h2-3,6-7,13H,4-5H2,1H3. The highest BCUT2D eigenvalue weighted by Crippen LogP contribution is 2.13. The topological polar surface area (TPSA) is 38.0 Å². The summed E-state index contributed by atoms with van der Waals surface area (Å²) in [5.41, 5.74) is 3.29. The van der Waals surface area contributed by atoms with E-state index in [1.54, 1.807) is 6.33 Å². The van der Waals surface area contributed by atoms with E-state index in [0.717, 1.165) is 11.0 Å². The number of aromatic nitrogens is 2. The fourth-order valence-corrected chi connectivity index (χ4v) is 1.46. The van der Waals surface area contributed by atoms with Gasteiger partial charge < -0.3 is 9.67 Å². The molecule has 1 heterocycles. The molecule has 1 aromatic heterocycles. The molecule has 0 bridgehead atoms. The molecule has 1 N–H and O–H groups in total.